The highest BCUT2D eigenvalue weighted by Crippen LogP contribution is 2.42. The molecule has 3 aromatic heterocycles. The number of halogens is 2. The Morgan fingerprint density at radius 2 is 1.97 bits per heavy atom. The van der Waals surface area contributed by atoms with E-state index in [1.165, 1.54) is 16.8 Å². The zero-order chi connectivity index (χ0) is 23.5. The van der Waals surface area contributed by atoms with Gasteiger partial charge in [-0.25, -0.2) is 28.4 Å². The molecule has 0 saturated heterocycles. The number of fused-ring (bicyclic) bond motifs is 1. The largest absolute Gasteiger partial charge is 0.481 e. The number of nitrogens with two attached hydrogens (primary N) is 1. The minimum absolute atomic E-state index is 0.0345. The van der Waals surface area contributed by atoms with E-state index in [-0.39, 0.29) is 18.5 Å². The maximum absolute atomic E-state index is 14.1. The van der Waals surface area contributed by atoms with E-state index < -0.39 is 17.6 Å². The van der Waals surface area contributed by atoms with Gasteiger partial charge in [-0.15, -0.1) is 0 Å². The highest BCUT2D eigenvalue weighted by Gasteiger charge is 2.27. The van der Waals surface area contributed by atoms with Crippen LogP contribution in [-0.2, 0) is 11.3 Å². The number of aromatic nitrogens is 5. The summed E-state index contributed by atoms with van der Waals surface area (Å²) < 4.78 is 29.2. The fourth-order valence-electron chi connectivity index (χ4n) is 3.34. The van der Waals surface area contributed by atoms with Crippen LogP contribution in [0.4, 0.5) is 14.6 Å². The van der Waals surface area contributed by atoms with Gasteiger partial charge in [-0.2, -0.15) is 5.10 Å². The molecule has 10 heteroatoms. The predicted molar refractivity (Wildman–Crippen MR) is 118 cm³/mol. The van der Waals surface area contributed by atoms with Crippen molar-refractivity contribution in [2.45, 2.75) is 38.6 Å². The van der Waals surface area contributed by atoms with Gasteiger partial charge in [-0.3, -0.25) is 4.79 Å². The summed E-state index contributed by atoms with van der Waals surface area (Å²) in [6, 6.07) is 7.70. The van der Waals surface area contributed by atoms with Gasteiger partial charge >= 0.3 is 5.97 Å². The van der Waals surface area contributed by atoms with Crippen molar-refractivity contribution in [1.82, 2.24) is 24.7 Å². The van der Waals surface area contributed by atoms with Gasteiger partial charge in [0.15, 0.2) is 23.1 Å². The molecule has 3 N–H and O–H groups in total. The maximum atomic E-state index is 14.1. The van der Waals surface area contributed by atoms with E-state index >= 15 is 0 Å². The number of carboxylic acid groups (broad SMARTS) is 1. The monoisotopic (exact) mass is 452 g/mol. The SMILES string of the molecule is CCC(=O)O.Nc1nc(-c2nn(Cc3cccc(F)c3F)c3ncccc23)ncc1C1CC1. The van der Waals surface area contributed by atoms with Crippen molar-refractivity contribution in [2.75, 3.05) is 5.73 Å². The van der Waals surface area contributed by atoms with Crippen LogP contribution in [-0.4, -0.2) is 35.8 Å². The Labute approximate surface area is 188 Å². The lowest BCUT2D eigenvalue weighted by Crippen LogP contribution is -2.06. The van der Waals surface area contributed by atoms with Gasteiger partial charge in [0.25, 0.3) is 0 Å². The molecule has 8 nitrogen and oxygen atoms in total. The lowest BCUT2D eigenvalue weighted by molar-refractivity contribution is -0.136. The quantitative estimate of drug-likeness (QED) is 0.467. The first-order valence-electron chi connectivity index (χ1n) is 10.5. The maximum Gasteiger partial charge on any atom is 0.303 e. The number of hydrogen-bond donors (Lipinski definition) is 2. The molecule has 33 heavy (non-hydrogen) atoms. The third kappa shape index (κ3) is 4.79. The first kappa shape index (κ1) is 22.3. The first-order valence-corrected chi connectivity index (χ1v) is 10.5. The Bertz CT molecular complexity index is 1320. The van der Waals surface area contributed by atoms with Crippen molar-refractivity contribution in [3.05, 3.63) is 65.5 Å². The highest BCUT2D eigenvalue weighted by atomic mass is 19.2. The molecule has 0 spiro atoms. The molecule has 0 atom stereocenters. The summed E-state index contributed by atoms with van der Waals surface area (Å²) >= 11 is 0. The Hall–Kier alpha value is -3.95. The number of anilines is 1. The Morgan fingerprint density at radius 1 is 1.21 bits per heavy atom. The lowest BCUT2D eigenvalue weighted by Gasteiger charge is -2.05. The number of nitrogens with zero attached hydrogens (tertiary/aromatic N) is 5. The van der Waals surface area contributed by atoms with Gasteiger partial charge in [0.05, 0.1) is 11.9 Å². The van der Waals surface area contributed by atoms with Gasteiger partial charge in [-0.05, 0) is 37.0 Å². The second-order valence-corrected chi connectivity index (χ2v) is 7.65. The molecule has 170 valence electrons. The first-order chi connectivity index (χ1) is 15.9. The fourth-order valence-corrected chi connectivity index (χ4v) is 3.34. The summed E-state index contributed by atoms with van der Waals surface area (Å²) in [7, 11) is 0. The van der Waals surface area contributed by atoms with E-state index in [1.807, 2.05) is 6.07 Å². The zero-order valence-corrected chi connectivity index (χ0v) is 17.9. The number of hydrogen-bond acceptors (Lipinski definition) is 6. The van der Waals surface area contributed by atoms with E-state index in [4.69, 9.17) is 10.8 Å². The van der Waals surface area contributed by atoms with Crippen LogP contribution in [0.5, 0.6) is 0 Å². The molecule has 0 radical (unpaired) electrons. The van der Waals surface area contributed by atoms with Crippen molar-refractivity contribution in [3.63, 3.8) is 0 Å². The fraction of sp³-hybridized carbons (Fsp3) is 0.261. The van der Waals surface area contributed by atoms with Crippen molar-refractivity contribution in [3.8, 4) is 11.5 Å². The van der Waals surface area contributed by atoms with Crippen LogP contribution in [0.15, 0.2) is 42.7 Å². The topological polar surface area (TPSA) is 120 Å². The molecule has 1 aromatic carbocycles. The van der Waals surface area contributed by atoms with Crippen LogP contribution >= 0.6 is 0 Å². The summed E-state index contributed by atoms with van der Waals surface area (Å²) in [6.07, 6.45) is 5.81. The molecule has 0 amide bonds. The molecule has 1 aliphatic carbocycles. The minimum atomic E-state index is -0.895. The Morgan fingerprint density at radius 3 is 2.64 bits per heavy atom. The number of aliphatic carboxylic acids is 1. The molecule has 3 heterocycles. The van der Waals surface area contributed by atoms with E-state index in [9.17, 15) is 13.6 Å². The van der Waals surface area contributed by atoms with Gasteiger partial charge in [0, 0.05) is 29.9 Å². The Kier molecular flexibility index (Phi) is 6.25. The van der Waals surface area contributed by atoms with Gasteiger partial charge in [-0.1, -0.05) is 19.1 Å². The number of pyridine rings is 1. The summed E-state index contributed by atoms with van der Waals surface area (Å²) in [6.45, 7) is 1.63. The van der Waals surface area contributed by atoms with Gasteiger partial charge in [0.1, 0.15) is 11.5 Å². The second-order valence-electron chi connectivity index (χ2n) is 7.65. The lowest BCUT2D eigenvalue weighted by atomic mass is 10.2. The third-order valence-corrected chi connectivity index (χ3v) is 5.24. The molecule has 5 rings (SSSR count). The standard InChI is InChI=1S/C20H16F2N6.C3H6O2/c21-15-5-1-3-12(16(15)22)10-28-20-13(4-2-8-24-20)17(27-28)19-25-9-14(11-6-7-11)18(23)26-19;1-2-3(4)5/h1-5,8-9,11H,6-7,10H2,(H2,23,25,26);2H2,1H3,(H,4,5). The Balaban J connectivity index is 0.000000471. The summed E-state index contributed by atoms with van der Waals surface area (Å²) in [5.41, 5.74) is 8.31. The molecular formula is C23H22F2N6O2. The minimum Gasteiger partial charge on any atom is -0.481 e. The van der Waals surface area contributed by atoms with Gasteiger partial charge < -0.3 is 10.8 Å². The van der Waals surface area contributed by atoms with E-state index in [0.29, 0.717) is 28.9 Å². The molecule has 4 aromatic rings. The number of carbonyl (C=O) groups is 1. The average molecular weight is 452 g/mol. The van der Waals surface area contributed by atoms with Crippen molar-refractivity contribution in [2.24, 2.45) is 0 Å². The van der Waals surface area contributed by atoms with E-state index in [0.717, 1.165) is 29.9 Å². The van der Waals surface area contributed by atoms with E-state index in [1.54, 1.807) is 25.4 Å². The molecule has 0 aliphatic heterocycles. The number of nitrogen functional groups attached to an aromatic ring is 1. The van der Waals surface area contributed by atoms with Crippen molar-refractivity contribution >= 4 is 22.8 Å². The highest BCUT2D eigenvalue weighted by molar-refractivity contribution is 5.89. The van der Waals surface area contributed by atoms with Crippen LogP contribution in [0, 0.1) is 11.6 Å². The zero-order valence-electron chi connectivity index (χ0n) is 17.9. The molecule has 0 unspecified atom stereocenters. The molecule has 1 aliphatic rings. The molecule has 0 bridgehead atoms. The smallest absolute Gasteiger partial charge is 0.303 e. The normalized spacial score (nSPS) is 12.9. The predicted octanol–water partition coefficient (Wildman–Crippen LogP) is 4.16. The molecule has 1 fully saturated rings. The van der Waals surface area contributed by atoms with Crippen LogP contribution in [0.25, 0.3) is 22.6 Å². The van der Waals surface area contributed by atoms with Crippen molar-refractivity contribution in [1.29, 1.82) is 0 Å². The molecule has 1 saturated carbocycles. The number of benzene rings is 1. The second kappa shape index (κ2) is 9.27. The average Bonchev–Trinajstić information content (AvgIpc) is 3.59. The number of rotatable bonds is 5. The van der Waals surface area contributed by atoms with Gasteiger partial charge in [0.2, 0.25) is 0 Å². The van der Waals surface area contributed by atoms with Crippen LogP contribution < -0.4 is 5.73 Å². The van der Waals surface area contributed by atoms with E-state index in [2.05, 4.69) is 20.1 Å². The summed E-state index contributed by atoms with van der Waals surface area (Å²) in [4.78, 5) is 22.6. The third-order valence-electron chi connectivity index (χ3n) is 5.24. The summed E-state index contributed by atoms with van der Waals surface area (Å²) in [5.74, 6) is -1.24. The van der Waals surface area contributed by atoms with Crippen molar-refractivity contribution < 1.29 is 18.7 Å². The van der Waals surface area contributed by atoms with Crippen LogP contribution in [0.3, 0.4) is 0 Å². The van der Waals surface area contributed by atoms with Crippen LogP contribution in [0.1, 0.15) is 43.2 Å². The van der Waals surface area contributed by atoms with Crippen LogP contribution in [0.2, 0.25) is 0 Å². The number of carboxylic acids is 1. The summed E-state index contributed by atoms with van der Waals surface area (Å²) in [5, 5.41) is 13.0. The molecular weight excluding hydrogens is 430 g/mol.